The number of benzene rings is 2. The predicted octanol–water partition coefficient (Wildman–Crippen LogP) is 5.07. The second-order valence-corrected chi connectivity index (χ2v) is 7.79. The summed E-state index contributed by atoms with van der Waals surface area (Å²) in [4.78, 5) is 13.6. The molecule has 0 unspecified atom stereocenters. The van der Waals surface area contributed by atoms with Crippen LogP contribution in [0.25, 0.3) is 10.9 Å². The summed E-state index contributed by atoms with van der Waals surface area (Å²) in [5, 5.41) is 4.36. The summed E-state index contributed by atoms with van der Waals surface area (Å²) in [6, 6.07) is 13.5. The molecule has 0 radical (unpaired) electrons. The van der Waals surface area contributed by atoms with Gasteiger partial charge in [-0.1, -0.05) is 18.2 Å². The third-order valence-electron chi connectivity index (χ3n) is 4.67. The molecule has 0 saturated carbocycles. The summed E-state index contributed by atoms with van der Waals surface area (Å²) in [7, 11) is 0. The molecule has 4 aromatic rings. The lowest BCUT2D eigenvalue weighted by atomic mass is 10.2. The zero-order chi connectivity index (χ0) is 19.8. The van der Waals surface area contributed by atoms with Crippen molar-refractivity contribution in [2.75, 3.05) is 5.32 Å². The fraction of sp³-hybridized carbons (Fsp3) is 0.0952. The summed E-state index contributed by atoms with van der Waals surface area (Å²) in [6.45, 7) is 1.09. The van der Waals surface area contributed by atoms with E-state index in [2.05, 4.69) is 20.3 Å². The molecule has 1 N–H and O–H groups in total. The number of nitrogens with zero attached hydrogens (tertiary/aromatic N) is 4. The van der Waals surface area contributed by atoms with E-state index in [9.17, 15) is 8.78 Å². The minimum absolute atomic E-state index is 0.375. The maximum atomic E-state index is 14.0. The SMILES string of the molecule is Fc1ccc(SN2Cc3ncnc(Nc4cnc5ccccc5c4)c3C2)c(F)c1. The Bertz CT molecular complexity index is 1220. The quantitative estimate of drug-likeness (QED) is 0.477. The molecule has 5 nitrogen and oxygen atoms in total. The second-order valence-electron chi connectivity index (χ2n) is 6.65. The van der Waals surface area contributed by atoms with Crippen LogP contribution in [0.5, 0.6) is 0 Å². The molecule has 0 bridgehead atoms. The Morgan fingerprint density at radius 3 is 2.76 bits per heavy atom. The van der Waals surface area contributed by atoms with E-state index in [0.29, 0.717) is 23.8 Å². The van der Waals surface area contributed by atoms with Gasteiger partial charge in [-0.3, -0.25) is 4.98 Å². The van der Waals surface area contributed by atoms with Crippen LogP contribution in [-0.4, -0.2) is 19.3 Å². The number of fused-ring (bicyclic) bond motifs is 2. The van der Waals surface area contributed by atoms with Crippen LogP contribution in [0.2, 0.25) is 0 Å². The maximum Gasteiger partial charge on any atom is 0.140 e. The average Bonchev–Trinajstić information content (AvgIpc) is 3.14. The maximum absolute atomic E-state index is 14.0. The van der Waals surface area contributed by atoms with Gasteiger partial charge in [0.2, 0.25) is 0 Å². The minimum atomic E-state index is -0.585. The van der Waals surface area contributed by atoms with Crippen LogP contribution in [-0.2, 0) is 13.1 Å². The van der Waals surface area contributed by atoms with Gasteiger partial charge in [-0.05, 0) is 36.2 Å². The van der Waals surface area contributed by atoms with Crippen LogP contribution in [0.15, 0.2) is 66.0 Å². The van der Waals surface area contributed by atoms with Gasteiger partial charge in [-0.25, -0.2) is 23.1 Å². The summed E-state index contributed by atoms with van der Waals surface area (Å²) in [5.74, 6) is -0.453. The molecule has 8 heteroatoms. The highest BCUT2D eigenvalue weighted by Gasteiger charge is 2.25. The highest BCUT2D eigenvalue weighted by atomic mass is 32.2. The molecule has 3 heterocycles. The van der Waals surface area contributed by atoms with Gasteiger partial charge >= 0.3 is 0 Å². The first kappa shape index (κ1) is 18.0. The van der Waals surface area contributed by atoms with E-state index in [-0.39, 0.29) is 0 Å². The molecule has 144 valence electrons. The third kappa shape index (κ3) is 3.64. The summed E-state index contributed by atoms with van der Waals surface area (Å²) < 4.78 is 29.1. The van der Waals surface area contributed by atoms with Crippen molar-refractivity contribution in [1.29, 1.82) is 0 Å². The lowest BCUT2D eigenvalue weighted by molar-refractivity contribution is 0.500. The van der Waals surface area contributed by atoms with Gasteiger partial charge < -0.3 is 5.32 Å². The second kappa shape index (κ2) is 7.38. The van der Waals surface area contributed by atoms with Gasteiger partial charge in [-0.15, -0.1) is 0 Å². The molecule has 29 heavy (non-hydrogen) atoms. The highest BCUT2D eigenvalue weighted by Crippen LogP contribution is 2.36. The molecule has 2 aromatic heterocycles. The zero-order valence-corrected chi connectivity index (χ0v) is 16.0. The molecule has 0 amide bonds. The van der Waals surface area contributed by atoms with E-state index in [1.54, 1.807) is 6.20 Å². The molecule has 0 atom stereocenters. The van der Waals surface area contributed by atoms with E-state index in [1.807, 2.05) is 34.6 Å². The number of hydrogen-bond acceptors (Lipinski definition) is 6. The van der Waals surface area contributed by atoms with E-state index in [0.717, 1.165) is 33.9 Å². The molecule has 5 rings (SSSR count). The normalized spacial score (nSPS) is 13.6. The van der Waals surface area contributed by atoms with Crippen molar-refractivity contribution < 1.29 is 8.78 Å². The van der Waals surface area contributed by atoms with Gasteiger partial charge in [0.1, 0.15) is 23.8 Å². The molecule has 0 spiro atoms. The molecule has 1 aliphatic heterocycles. The van der Waals surface area contributed by atoms with Gasteiger partial charge in [0.05, 0.1) is 34.5 Å². The Labute approximate surface area is 170 Å². The van der Waals surface area contributed by atoms with Crippen molar-refractivity contribution in [2.24, 2.45) is 0 Å². The molecule has 0 fully saturated rings. The van der Waals surface area contributed by atoms with Crippen molar-refractivity contribution in [3.05, 3.63) is 83.9 Å². The standard InChI is InChI=1S/C21H15F2N5S/c22-14-5-6-20(17(23)8-14)29-28-10-16-19(11-28)25-12-26-21(16)27-15-7-13-3-1-2-4-18(13)24-9-15/h1-9,12H,10-11H2,(H,25,26,27). The monoisotopic (exact) mass is 407 g/mol. The molecular formula is C21H15F2N5S. The molecule has 0 saturated heterocycles. The van der Waals surface area contributed by atoms with Gasteiger partial charge in [0, 0.05) is 23.6 Å². The number of para-hydroxylation sites is 1. The average molecular weight is 407 g/mol. The number of nitrogens with one attached hydrogen (secondary N) is 1. The van der Waals surface area contributed by atoms with Crippen molar-refractivity contribution >= 4 is 34.4 Å². The van der Waals surface area contributed by atoms with Crippen molar-refractivity contribution in [3.8, 4) is 0 Å². The van der Waals surface area contributed by atoms with Crippen LogP contribution < -0.4 is 5.32 Å². The topological polar surface area (TPSA) is 53.9 Å². The first-order valence-corrected chi connectivity index (χ1v) is 9.75. The largest absolute Gasteiger partial charge is 0.339 e. The molecule has 2 aromatic carbocycles. The third-order valence-corrected chi connectivity index (χ3v) is 5.71. The van der Waals surface area contributed by atoms with Gasteiger partial charge in [0.25, 0.3) is 0 Å². The smallest absolute Gasteiger partial charge is 0.140 e. The van der Waals surface area contributed by atoms with Crippen LogP contribution >= 0.6 is 11.9 Å². The number of rotatable bonds is 4. The zero-order valence-electron chi connectivity index (χ0n) is 15.1. The Balaban J connectivity index is 1.37. The van der Waals surface area contributed by atoms with Crippen LogP contribution in [0.4, 0.5) is 20.3 Å². The van der Waals surface area contributed by atoms with E-state index < -0.39 is 11.6 Å². The van der Waals surface area contributed by atoms with Crippen LogP contribution in [0, 0.1) is 11.6 Å². The number of hydrogen-bond donors (Lipinski definition) is 1. The lowest BCUT2D eigenvalue weighted by Crippen LogP contribution is -2.07. The van der Waals surface area contributed by atoms with E-state index in [4.69, 9.17) is 0 Å². The number of aromatic nitrogens is 3. The Morgan fingerprint density at radius 2 is 1.86 bits per heavy atom. The molecule has 1 aliphatic rings. The lowest BCUT2D eigenvalue weighted by Gasteiger charge is -2.14. The summed E-state index contributed by atoms with van der Waals surface area (Å²) >= 11 is 1.24. The minimum Gasteiger partial charge on any atom is -0.339 e. The van der Waals surface area contributed by atoms with E-state index >= 15 is 0 Å². The van der Waals surface area contributed by atoms with Crippen LogP contribution in [0.1, 0.15) is 11.3 Å². The summed E-state index contributed by atoms with van der Waals surface area (Å²) in [6.07, 6.45) is 3.29. The Morgan fingerprint density at radius 1 is 0.966 bits per heavy atom. The van der Waals surface area contributed by atoms with Crippen molar-refractivity contribution in [3.63, 3.8) is 0 Å². The Kier molecular flexibility index (Phi) is 4.57. The number of anilines is 2. The molecule has 0 aliphatic carbocycles. The first-order chi connectivity index (χ1) is 14.2. The number of halogens is 2. The Hall–Kier alpha value is -3.10. The summed E-state index contributed by atoms with van der Waals surface area (Å²) in [5.41, 5.74) is 3.59. The fourth-order valence-electron chi connectivity index (χ4n) is 3.29. The van der Waals surface area contributed by atoms with Crippen molar-refractivity contribution in [2.45, 2.75) is 18.0 Å². The van der Waals surface area contributed by atoms with E-state index in [1.165, 1.54) is 30.4 Å². The predicted molar refractivity (Wildman–Crippen MR) is 109 cm³/mol. The number of pyridine rings is 1. The van der Waals surface area contributed by atoms with Gasteiger partial charge in [-0.2, -0.15) is 0 Å². The highest BCUT2D eigenvalue weighted by molar-refractivity contribution is 7.97. The van der Waals surface area contributed by atoms with Crippen LogP contribution in [0.3, 0.4) is 0 Å². The molecular weight excluding hydrogens is 392 g/mol. The first-order valence-electron chi connectivity index (χ1n) is 8.98. The van der Waals surface area contributed by atoms with Gasteiger partial charge in [0.15, 0.2) is 0 Å². The fourth-order valence-corrected chi connectivity index (χ4v) is 4.22. The van der Waals surface area contributed by atoms with Crippen molar-refractivity contribution in [1.82, 2.24) is 19.3 Å².